The molecule has 0 bridgehead atoms. The number of nitrogens with zero attached hydrogens (tertiary/aromatic N) is 2. The van der Waals surface area contributed by atoms with Gasteiger partial charge in [-0.3, -0.25) is 38.6 Å². The molecule has 0 fully saturated rings. The van der Waals surface area contributed by atoms with Crippen molar-refractivity contribution in [1.29, 1.82) is 0 Å². The van der Waals surface area contributed by atoms with Crippen LogP contribution in [0.2, 0.25) is 0 Å². The number of carbonyl (C=O) groups excluding carboxylic acids is 7. The smallest absolute Gasteiger partial charge is 0.327 e. The summed E-state index contributed by atoms with van der Waals surface area (Å²) in [6, 6.07) is 4.10. The van der Waals surface area contributed by atoms with Crippen molar-refractivity contribution in [2.24, 2.45) is 27.9 Å². The zero-order valence-corrected chi connectivity index (χ0v) is 36.6. The van der Waals surface area contributed by atoms with Gasteiger partial charge in [-0.05, 0) is 42.5 Å². The van der Waals surface area contributed by atoms with Crippen molar-refractivity contribution >= 4 is 65.9 Å². The molecule has 0 aliphatic carbocycles. The number of guanidine groups is 1. The molecule has 7 atom stereocenters. The summed E-state index contributed by atoms with van der Waals surface area (Å²) in [5, 5.41) is 43.9. The number of rotatable bonds is 28. The van der Waals surface area contributed by atoms with Crippen LogP contribution in [0.4, 0.5) is 0 Å². The van der Waals surface area contributed by atoms with Crippen LogP contribution in [0.15, 0.2) is 72.1 Å². The van der Waals surface area contributed by atoms with E-state index in [0.717, 1.165) is 0 Å². The average Bonchev–Trinajstić information content (AvgIpc) is 3.80. The molecule has 0 unspecified atom stereocenters. The summed E-state index contributed by atoms with van der Waals surface area (Å²) in [5.41, 5.74) is 23.3. The molecule has 0 aliphatic heterocycles. The molecule has 66 heavy (non-hydrogen) atoms. The third-order valence-electron chi connectivity index (χ3n) is 9.76. The van der Waals surface area contributed by atoms with Gasteiger partial charge in [0.1, 0.15) is 48.0 Å². The number of nitrogens with two attached hydrogens (primary N) is 4. The molecule has 0 aliphatic rings. The van der Waals surface area contributed by atoms with Crippen molar-refractivity contribution in [3.8, 4) is 5.75 Å². The fourth-order valence-electron chi connectivity index (χ4n) is 6.20. The molecule has 24 nitrogen and oxygen atoms in total. The van der Waals surface area contributed by atoms with E-state index in [2.05, 4.69) is 59.5 Å². The fraction of sp³-hybridized carbons (Fsp3) is 0.415. The fourth-order valence-corrected chi connectivity index (χ4v) is 6.45. The minimum absolute atomic E-state index is 0.0130. The first kappa shape index (κ1) is 53.1. The molecule has 3 rings (SSSR count). The predicted octanol–water partition coefficient (Wildman–Crippen LogP) is -4.29. The van der Waals surface area contributed by atoms with Crippen molar-refractivity contribution in [3.63, 3.8) is 0 Å². The van der Waals surface area contributed by atoms with Gasteiger partial charge in [-0.25, -0.2) is 9.78 Å². The van der Waals surface area contributed by atoms with Gasteiger partial charge in [0.05, 0.1) is 12.9 Å². The number of H-pyrrole nitrogens is 1. The molecule has 0 saturated carbocycles. The molecule has 18 N–H and O–H groups in total. The number of hydrogen-bond donors (Lipinski definition) is 15. The van der Waals surface area contributed by atoms with Crippen LogP contribution in [-0.2, 0) is 57.6 Å². The number of aliphatic hydroxyl groups excluding tert-OH is 1. The number of carboxylic acid groups (broad SMARTS) is 1. The molecule has 0 spiro atoms. The molecule has 1 aromatic heterocycles. The number of aliphatic carboxylic acids is 1. The van der Waals surface area contributed by atoms with Crippen LogP contribution >= 0.6 is 12.6 Å². The highest BCUT2D eigenvalue weighted by Crippen LogP contribution is 2.13. The van der Waals surface area contributed by atoms with Crippen LogP contribution in [-0.4, -0.2) is 140 Å². The lowest BCUT2D eigenvalue weighted by Gasteiger charge is -2.27. The molecule has 25 heteroatoms. The zero-order valence-electron chi connectivity index (χ0n) is 35.7. The minimum atomic E-state index is -1.47. The van der Waals surface area contributed by atoms with E-state index in [1.54, 1.807) is 30.3 Å². The van der Waals surface area contributed by atoms with Crippen LogP contribution in [0, 0.1) is 0 Å². The van der Waals surface area contributed by atoms with Crippen LogP contribution in [0.1, 0.15) is 42.5 Å². The molecule has 0 radical (unpaired) electrons. The second-order valence-electron chi connectivity index (χ2n) is 15.0. The first-order valence-electron chi connectivity index (χ1n) is 20.6. The Morgan fingerprint density at radius 1 is 0.667 bits per heavy atom. The van der Waals surface area contributed by atoms with E-state index in [0.29, 0.717) is 16.8 Å². The topological polar surface area (TPSA) is 415 Å². The first-order chi connectivity index (χ1) is 31.4. The third kappa shape index (κ3) is 18.5. The Hall–Kier alpha value is -7.25. The standard InChI is InChI=1S/C41H57N13O11S/c42-26(19-55)34(58)49-28(12-13-33(43)57)36(60)51-29(15-22-5-2-1-3-6-22)37(61)50-27(7-4-14-47-41(44)45)35(59)53-31(17-24-18-46-21-48-24)39(63)52-30(16-23-8-10-25(56)11-9-23)38(62)54-32(20-66)40(64)65/h1-3,5-6,8-11,18,21,26-32,55-56,66H,4,7,12-17,19-20,42H2,(H2,43,57)(H,46,48)(H,49,58)(H,50,61)(H,51,60)(H,52,63)(H,53,59)(H,54,62)(H,64,65)(H4,44,45,47)/t26-,27-,28-,29-,30-,31-,32-/m0/s1. The first-order valence-corrected chi connectivity index (χ1v) is 21.2. The molecule has 7 amide bonds. The summed E-state index contributed by atoms with van der Waals surface area (Å²) in [6.07, 6.45) is 1.51. The molecular formula is C41H57N13O11S. The molecule has 3 aromatic rings. The number of carbonyl (C=O) groups is 8. The number of aliphatic imine (C=N–C) groups is 1. The largest absolute Gasteiger partial charge is 0.508 e. The Kier molecular flexibility index (Phi) is 21.8. The minimum Gasteiger partial charge on any atom is -0.508 e. The summed E-state index contributed by atoms with van der Waals surface area (Å²) in [4.78, 5) is 117. The van der Waals surface area contributed by atoms with E-state index in [-0.39, 0.29) is 69.0 Å². The van der Waals surface area contributed by atoms with E-state index in [1.165, 1.54) is 36.8 Å². The van der Waals surface area contributed by atoms with E-state index >= 15 is 0 Å². The lowest BCUT2D eigenvalue weighted by Crippen LogP contribution is -2.60. The Labute approximate surface area is 384 Å². The zero-order chi connectivity index (χ0) is 48.8. The molecule has 0 saturated heterocycles. The van der Waals surface area contributed by atoms with Gasteiger partial charge in [0.15, 0.2) is 5.96 Å². The summed E-state index contributed by atoms with van der Waals surface area (Å²) in [6.45, 7) is -0.746. The number of phenolic OH excluding ortho intramolecular Hbond substituents is 1. The Morgan fingerprint density at radius 2 is 1.15 bits per heavy atom. The number of aliphatic hydroxyl groups is 1. The van der Waals surface area contributed by atoms with E-state index < -0.39 is 96.2 Å². The number of aromatic nitrogens is 2. The number of aromatic hydroxyl groups is 1. The number of aromatic amines is 1. The lowest BCUT2D eigenvalue weighted by molar-refractivity contribution is -0.141. The SMILES string of the molecule is NC(=O)CC[C@H](NC(=O)[C@@H](N)CO)C(=O)N[C@@H](Cc1ccccc1)C(=O)N[C@@H](CCCN=C(N)N)C(=O)N[C@@H](Cc1cnc[nH]1)C(=O)N[C@@H](Cc1ccc(O)cc1)C(=O)N[C@@H](CS)C(=O)O. The Morgan fingerprint density at radius 3 is 1.64 bits per heavy atom. The van der Waals surface area contributed by atoms with Crippen LogP contribution in [0.3, 0.4) is 0 Å². The van der Waals surface area contributed by atoms with Crippen LogP contribution < -0.4 is 54.8 Å². The van der Waals surface area contributed by atoms with Crippen LogP contribution in [0.5, 0.6) is 5.75 Å². The van der Waals surface area contributed by atoms with E-state index in [4.69, 9.17) is 22.9 Å². The van der Waals surface area contributed by atoms with Crippen LogP contribution in [0.25, 0.3) is 0 Å². The van der Waals surface area contributed by atoms with Gasteiger partial charge in [0.2, 0.25) is 41.4 Å². The van der Waals surface area contributed by atoms with E-state index in [1.807, 2.05) is 0 Å². The van der Waals surface area contributed by atoms with Gasteiger partial charge in [-0.1, -0.05) is 42.5 Å². The maximum absolute atomic E-state index is 14.3. The van der Waals surface area contributed by atoms with Gasteiger partial charge in [0.25, 0.3) is 0 Å². The summed E-state index contributed by atoms with van der Waals surface area (Å²) in [7, 11) is 0. The maximum atomic E-state index is 14.3. The number of amides is 7. The predicted molar refractivity (Wildman–Crippen MR) is 241 cm³/mol. The number of carboxylic acids is 1. The number of thiol groups is 1. The quantitative estimate of drug-likeness (QED) is 0.0142. The highest BCUT2D eigenvalue weighted by molar-refractivity contribution is 7.80. The monoisotopic (exact) mass is 939 g/mol. The average molecular weight is 940 g/mol. The molecular weight excluding hydrogens is 883 g/mol. The van der Waals surface area contributed by atoms with Crippen molar-refractivity contribution in [2.75, 3.05) is 18.9 Å². The van der Waals surface area contributed by atoms with Crippen molar-refractivity contribution in [2.45, 2.75) is 87.2 Å². The van der Waals surface area contributed by atoms with Crippen molar-refractivity contribution < 1.29 is 53.7 Å². The summed E-state index contributed by atoms with van der Waals surface area (Å²) >= 11 is 4.00. The number of hydrogen-bond acceptors (Lipinski definition) is 14. The van der Waals surface area contributed by atoms with Gasteiger partial charge < -0.3 is 75.1 Å². The van der Waals surface area contributed by atoms with Gasteiger partial charge in [-0.15, -0.1) is 0 Å². The van der Waals surface area contributed by atoms with E-state index in [9.17, 15) is 53.7 Å². The lowest BCUT2D eigenvalue weighted by atomic mass is 10.0. The van der Waals surface area contributed by atoms with Crippen molar-refractivity contribution in [1.82, 2.24) is 41.9 Å². The second-order valence-corrected chi connectivity index (χ2v) is 15.3. The highest BCUT2D eigenvalue weighted by Gasteiger charge is 2.34. The Balaban J connectivity index is 1.98. The summed E-state index contributed by atoms with van der Waals surface area (Å²) in [5.74, 6) is -8.21. The molecule has 2 aromatic carbocycles. The normalized spacial score (nSPS) is 14.0. The van der Waals surface area contributed by atoms with Crippen molar-refractivity contribution in [3.05, 3.63) is 83.9 Å². The summed E-state index contributed by atoms with van der Waals surface area (Å²) < 4.78 is 0. The number of primary amides is 1. The second kappa shape index (κ2) is 27.2. The number of benzene rings is 2. The Bertz CT molecular complexity index is 2130. The van der Waals surface area contributed by atoms with Gasteiger partial charge >= 0.3 is 5.97 Å². The molecule has 1 heterocycles. The maximum Gasteiger partial charge on any atom is 0.327 e. The number of imidazole rings is 1. The third-order valence-corrected chi connectivity index (χ3v) is 10.1. The molecule has 358 valence electrons. The highest BCUT2D eigenvalue weighted by atomic mass is 32.1. The van der Waals surface area contributed by atoms with Gasteiger partial charge in [-0.2, -0.15) is 12.6 Å². The number of phenols is 1. The van der Waals surface area contributed by atoms with Gasteiger partial charge in [0, 0.05) is 49.9 Å². The number of nitrogens with one attached hydrogen (secondary N) is 7.